The number of nitrogens with zero attached hydrogens (tertiary/aromatic N) is 1. The largest absolute Gasteiger partial charge is 0.396 e. The zero-order valence-corrected chi connectivity index (χ0v) is 12.1. The Kier molecular flexibility index (Phi) is 7.29. The Morgan fingerprint density at radius 3 is 2.29 bits per heavy atom. The summed E-state index contributed by atoms with van der Waals surface area (Å²) in [5.41, 5.74) is 1.29. The Morgan fingerprint density at radius 1 is 1.06 bits per heavy atom. The number of unbranched alkanes of at least 4 members (excludes halogenated alkanes) is 3. The normalized spacial score (nSPS) is 10.5. The third kappa shape index (κ3) is 5.55. The van der Waals surface area contributed by atoms with Gasteiger partial charge in [0.15, 0.2) is 0 Å². The second-order valence-corrected chi connectivity index (χ2v) is 5.11. The van der Waals surface area contributed by atoms with Crippen molar-refractivity contribution in [1.29, 1.82) is 0 Å². The smallest absolute Gasteiger partial charge is 0.0431 e. The fraction of sp³-hybridized carbons (Fsp3) is 0.571. The third-order valence-electron chi connectivity index (χ3n) is 2.91. The van der Waals surface area contributed by atoms with Gasteiger partial charge in [0.2, 0.25) is 0 Å². The van der Waals surface area contributed by atoms with Crippen molar-refractivity contribution in [2.75, 3.05) is 24.6 Å². The predicted molar refractivity (Wildman–Crippen MR) is 77.6 cm³/mol. The van der Waals surface area contributed by atoms with Crippen LogP contribution in [-0.2, 0) is 0 Å². The molecule has 0 unspecified atom stereocenters. The SMILES string of the molecule is CCN(CCCCCCO)c1ccc(Br)cc1. The molecule has 0 bridgehead atoms. The second-order valence-electron chi connectivity index (χ2n) is 4.19. The van der Waals surface area contributed by atoms with Gasteiger partial charge >= 0.3 is 0 Å². The average Bonchev–Trinajstić information content (AvgIpc) is 2.35. The van der Waals surface area contributed by atoms with Crippen LogP contribution in [0.3, 0.4) is 0 Å². The summed E-state index contributed by atoms with van der Waals surface area (Å²) in [5.74, 6) is 0. The molecule has 0 fully saturated rings. The number of aliphatic hydroxyl groups is 1. The fourth-order valence-electron chi connectivity index (χ4n) is 1.89. The van der Waals surface area contributed by atoms with E-state index in [4.69, 9.17) is 5.11 Å². The second kappa shape index (κ2) is 8.54. The zero-order valence-electron chi connectivity index (χ0n) is 10.5. The molecule has 0 spiro atoms. The molecular formula is C14H22BrNO. The highest BCUT2D eigenvalue weighted by Gasteiger charge is 2.03. The van der Waals surface area contributed by atoms with Gasteiger partial charge in [-0.25, -0.2) is 0 Å². The third-order valence-corrected chi connectivity index (χ3v) is 3.44. The van der Waals surface area contributed by atoms with E-state index in [1.807, 2.05) is 0 Å². The van der Waals surface area contributed by atoms with Crippen LogP contribution in [0.15, 0.2) is 28.7 Å². The van der Waals surface area contributed by atoms with E-state index in [0.717, 1.165) is 30.4 Å². The number of halogens is 1. The van der Waals surface area contributed by atoms with E-state index >= 15 is 0 Å². The first-order chi connectivity index (χ1) is 8.27. The van der Waals surface area contributed by atoms with Crippen molar-refractivity contribution in [3.8, 4) is 0 Å². The quantitative estimate of drug-likeness (QED) is 0.738. The maximum atomic E-state index is 8.71. The lowest BCUT2D eigenvalue weighted by atomic mass is 10.2. The van der Waals surface area contributed by atoms with Crippen LogP contribution in [0.5, 0.6) is 0 Å². The number of anilines is 1. The Bertz CT molecular complexity index is 300. The lowest BCUT2D eigenvalue weighted by molar-refractivity contribution is 0.282. The molecular weight excluding hydrogens is 278 g/mol. The molecule has 0 aromatic heterocycles. The molecule has 0 radical (unpaired) electrons. The average molecular weight is 300 g/mol. The lowest BCUT2D eigenvalue weighted by Gasteiger charge is -2.23. The van der Waals surface area contributed by atoms with Crippen LogP contribution in [0, 0.1) is 0 Å². The van der Waals surface area contributed by atoms with Crippen molar-refractivity contribution < 1.29 is 5.11 Å². The molecule has 0 saturated carbocycles. The van der Waals surface area contributed by atoms with Crippen LogP contribution in [-0.4, -0.2) is 24.8 Å². The van der Waals surface area contributed by atoms with Crippen LogP contribution in [0.2, 0.25) is 0 Å². The highest BCUT2D eigenvalue weighted by molar-refractivity contribution is 9.10. The fourth-order valence-corrected chi connectivity index (χ4v) is 2.15. The molecule has 0 saturated heterocycles. The number of hydrogen-bond donors (Lipinski definition) is 1. The van der Waals surface area contributed by atoms with Gasteiger partial charge in [0.05, 0.1) is 0 Å². The first-order valence-electron chi connectivity index (χ1n) is 6.39. The zero-order chi connectivity index (χ0) is 12.5. The van der Waals surface area contributed by atoms with E-state index < -0.39 is 0 Å². The number of rotatable bonds is 8. The van der Waals surface area contributed by atoms with Gasteiger partial charge in [-0.15, -0.1) is 0 Å². The minimum Gasteiger partial charge on any atom is -0.396 e. The topological polar surface area (TPSA) is 23.5 Å². The number of hydrogen-bond acceptors (Lipinski definition) is 2. The molecule has 0 aliphatic carbocycles. The Morgan fingerprint density at radius 2 is 1.71 bits per heavy atom. The van der Waals surface area contributed by atoms with Crippen LogP contribution < -0.4 is 4.90 Å². The minimum atomic E-state index is 0.324. The van der Waals surface area contributed by atoms with Gasteiger partial charge in [-0.1, -0.05) is 28.8 Å². The van der Waals surface area contributed by atoms with E-state index in [1.165, 1.54) is 18.5 Å². The molecule has 0 atom stereocenters. The van der Waals surface area contributed by atoms with Crippen LogP contribution in [0.1, 0.15) is 32.6 Å². The van der Waals surface area contributed by atoms with E-state index in [-0.39, 0.29) is 0 Å². The predicted octanol–water partition coefficient (Wildman–Crippen LogP) is 3.83. The number of aliphatic hydroxyl groups excluding tert-OH is 1. The van der Waals surface area contributed by atoms with E-state index in [0.29, 0.717) is 6.61 Å². The molecule has 96 valence electrons. The summed E-state index contributed by atoms with van der Waals surface area (Å²) < 4.78 is 1.13. The summed E-state index contributed by atoms with van der Waals surface area (Å²) in [7, 11) is 0. The molecule has 1 N–H and O–H groups in total. The van der Waals surface area contributed by atoms with E-state index in [2.05, 4.69) is 52.0 Å². The summed E-state index contributed by atoms with van der Waals surface area (Å²) in [5, 5.41) is 8.71. The van der Waals surface area contributed by atoms with Crippen molar-refractivity contribution in [2.24, 2.45) is 0 Å². The molecule has 17 heavy (non-hydrogen) atoms. The van der Waals surface area contributed by atoms with Crippen molar-refractivity contribution in [3.05, 3.63) is 28.7 Å². The van der Waals surface area contributed by atoms with Crippen molar-refractivity contribution in [1.82, 2.24) is 0 Å². The molecule has 0 heterocycles. The van der Waals surface area contributed by atoms with Crippen LogP contribution >= 0.6 is 15.9 Å². The minimum absolute atomic E-state index is 0.324. The molecule has 1 aromatic carbocycles. The van der Waals surface area contributed by atoms with Crippen molar-refractivity contribution in [2.45, 2.75) is 32.6 Å². The maximum Gasteiger partial charge on any atom is 0.0431 e. The molecule has 1 aromatic rings. The molecule has 0 amide bonds. The van der Waals surface area contributed by atoms with Gasteiger partial charge < -0.3 is 10.0 Å². The first kappa shape index (κ1) is 14.5. The Hall–Kier alpha value is -0.540. The van der Waals surface area contributed by atoms with E-state index in [9.17, 15) is 0 Å². The van der Waals surface area contributed by atoms with Gasteiger partial charge in [0.25, 0.3) is 0 Å². The summed E-state index contributed by atoms with van der Waals surface area (Å²) >= 11 is 3.46. The Balaban J connectivity index is 2.35. The Labute approximate surface area is 113 Å². The summed E-state index contributed by atoms with van der Waals surface area (Å²) in [6.45, 7) is 4.66. The van der Waals surface area contributed by atoms with Gasteiger partial charge in [-0.2, -0.15) is 0 Å². The molecule has 0 aliphatic rings. The summed E-state index contributed by atoms with van der Waals surface area (Å²) in [6, 6.07) is 8.48. The van der Waals surface area contributed by atoms with Gasteiger partial charge in [0, 0.05) is 29.9 Å². The van der Waals surface area contributed by atoms with Gasteiger partial charge in [0.1, 0.15) is 0 Å². The summed E-state index contributed by atoms with van der Waals surface area (Å²) in [6.07, 6.45) is 4.47. The van der Waals surface area contributed by atoms with Crippen molar-refractivity contribution in [3.63, 3.8) is 0 Å². The number of benzene rings is 1. The maximum absolute atomic E-state index is 8.71. The monoisotopic (exact) mass is 299 g/mol. The summed E-state index contributed by atoms with van der Waals surface area (Å²) in [4.78, 5) is 2.39. The molecule has 0 aliphatic heterocycles. The van der Waals surface area contributed by atoms with Crippen LogP contribution in [0.4, 0.5) is 5.69 Å². The van der Waals surface area contributed by atoms with Gasteiger partial charge in [-0.3, -0.25) is 0 Å². The highest BCUT2D eigenvalue weighted by atomic mass is 79.9. The van der Waals surface area contributed by atoms with Gasteiger partial charge in [-0.05, 0) is 44.0 Å². The van der Waals surface area contributed by atoms with Crippen molar-refractivity contribution >= 4 is 21.6 Å². The first-order valence-corrected chi connectivity index (χ1v) is 7.18. The van der Waals surface area contributed by atoms with E-state index in [1.54, 1.807) is 0 Å². The lowest BCUT2D eigenvalue weighted by Crippen LogP contribution is -2.23. The highest BCUT2D eigenvalue weighted by Crippen LogP contribution is 2.18. The van der Waals surface area contributed by atoms with Crippen LogP contribution in [0.25, 0.3) is 0 Å². The standard InChI is InChI=1S/C14H22BrNO/c1-2-16(11-5-3-4-6-12-17)14-9-7-13(15)8-10-14/h7-10,17H,2-6,11-12H2,1H3. The molecule has 1 rings (SSSR count). The molecule has 2 nitrogen and oxygen atoms in total. The molecule has 3 heteroatoms.